The van der Waals surface area contributed by atoms with E-state index in [1.54, 1.807) is 12.5 Å². The predicted molar refractivity (Wildman–Crippen MR) is 367 cm³/mol. The van der Waals surface area contributed by atoms with E-state index in [-0.39, 0.29) is 92.9 Å². The Morgan fingerprint density at radius 3 is 1.74 bits per heavy atom. The lowest BCUT2D eigenvalue weighted by Crippen LogP contribution is -2.68. The fourth-order valence-corrected chi connectivity index (χ4v) is 22.4. The molecule has 32 atom stereocenters. The predicted octanol–water partition coefficient (Wildman–Crippen LogP) is 5.22. The van der Waals surface area contributed by atoms with Gasteiger partial charge in [0.25, 0.3) is 0 Å². The molecule has 0 aliphatic heterocycles. The molecule has 18 N–H and O–H groups in total. The van der Waals surface area contributed by atoms with Crippen molar-refractivity contribution in [2.75, 3.05) is 6.61 Å². The molecule has 10 aliphatic rings. The highest BCUT2D eigenvalue weighted by molar-refractivity contribution is 5.88. The summed E-state index contributed by atoms with van der Waals surface area (Å²) >= 11 is 0. The van der Waals surface area contributed by atoms with Crippen molar-refractivity contribution in [3.63, 3.8) is 0 Å². The Morgan fingerprint density at radius 2 is 1.22 bits per heavy atom. The average molecular weight is 1420 g/mol. The van der Waals surface area contributed by atoms with Crippen molar-refractivity contribution in [3.8, 4) is 0 Å². The van der Waals surface area contributed by atoms with Crippen LogP contribution in [0.25, 0.3) is 0 Å². The minimum atomic E-state index is -2.25. The molecule has 0 radical (unpaired) electrons. The molecule has 0 bridgehead atoms. The number of carboxylic acid groups (broad SMARTS) is 3. The van der Waals surface area contributed by atoms with E-state index in [4.69, 9.17) is 46.0 Å². The van der Waals surface area contributed by atoms with Gasteiger partial charge in [0, 0.05) is 35.2 Å². The smallest absolute Gasteiger partial charge is 0.335 e. The third-order valence-corrected chi connectivity index (χ3v) is 28.9. The average Bonchev–Trinajstić information content (AvgIpc) is 0.724. The monoisotopic (exact) mass is 1420 g/mol. The topological polar surface area (TPSA) is 467 Å². The first-order valence-electron chi connectivity index (χ1n) is 36.5. The molecule has 0 heterocycles. The van der Waals surface area contributed by atoms with Gasteiger partial charge in [-0.1, -0.05) is 93.5 Å². The second-order valence-electron chi connectivity index (χ2n) is 34.1. The lowest BCUT2D eigenvalue weighted by molar-refractivity contribution is -0.243. The van der Waals surface area contributed by atoms with Gasteiger partial charge in [-0.25, -0.2) is 14.4 Å². The molecule has 8 saturated carbocycles. The van der Waals surface area contributed by atoms with Crippen LogP contribution in [0.4, 0.5) is 0 Å². The molecule has 24 nitrogen and oxygen atoms in total. The second kappa shape index (κ2) is 32.3. The number of allylic oxidation sites excluding steroid dienone is 3. The van der Waals surface area contributed by atoms with Crippen LogP contribution in [0.3, 0.4) is 0 Å². The molecular formula is C76H124O24. The van der Waals surface area contributed by atoms with Crippen LogP contribution in [0.15, 0.2) is 35.6 Å². The van der Waals surface area contributed by atoms with Crippen LogP contribution in [0.1, 0.15) is 206 Å². The van der Waals surface area contributed by atoms with Gasteiger partial charge in [-0.15, -0.1) is 0 Å². The number of aliphatic carboxylic acids is 3. The highest BCUT2D eigenvalue weighted by atomic mass is 16.4. The van der Waals surface area contributed by atoms with Crippen LogP contribution in [-0.2, 0) is 28.8 Å². The summed E-state index contributed by atoms with van der Waals surface area (Å²) in [5.41, 5.74) is 0.818. The number of fused-ring (bicyclic) bond motifs is 12. The molecule has 0 aromatic rings. The summed E-state index contributed by atoms with van der Waals surface area (Å²) in [7, 11) is 0. The Hall–Kier alpha value is -4.12. The maximum absolute atomic E-state index is 13.3. The van der Waals surface area contributed by atoms with E-state index in [0.29, 0.717) is 71.9 Å². The summed E-state index contributed by atoms with van der Waals surface area (Å²) < 4.78 is 0. The van der Waals surface area contributed by atoms with Crippen LogP contribution in [0.2, 0.25) is 0 Å². The Labute approximate surface area is 589 Å². The number of Topliss-reactive ketones (excluding diaryl/α,β-unsaturated/α-hetero) is 3. The van der Waals surface area contributed by atoms with E-state index in [2.05, 4.69) is 68.0 Å². The van der Waals surface area contributed by atoms with E-state index in [0.717, 1.165) is 110 Å². The van der Waals surface area contributed by atoms with E-state index >= 15 is 0 Å². The molecule has 0 aromatic carbocycles. The second-order valence-corrected chi connectivity index (χ2v) is 34.1. The molecular weight excluding hydrogens is 1300 g/mol. The minimum absolute atomic E-state index is 0.0286. The number of aliphatic hydroxyl groups excluding tert-OH is 15. The van der Waals surface area contributed by atoms with Crippen LogP contribution >= 0.6 is 0 Å². The number of hydrogen-bond donors (Lipinski definition) is 18. The van der Waals surface area contributed by atoms with Gasteiger partial charge >= 0.3 is 17.9 Å². The molecule has 0 spiro atoms. The summed E-state index contributed by atoms with van der Waals surface area (Å²) in [6.45, 7) is 30.1. The van der Waals surface area contributed by atoms with Crippen molar-refractivity contribution < 1.29 is 121 Å². The molecule has 8 fully saturated rings. The summed E-state index contributed by atoms with van der Waals surface area (Å²) in [6, 6.07) is 0. The number of carboxylic acids is 3. The summed E-state index contributed by atoms with van der Waals surface area (Å²) in [5.74, 6) is -1.39. The quantitative estimate of drug-likeness (QED) is 0.0738. The molecule has 0 saturated heterocycles. The molecule has 100 heavy (non-hydrogen) atoms. The highest BCUT2D eigenvalue weighted by Crippen LogP contribution is 2.76. The van der Waals surface area contributed by atoms with Crippen molar-refractivity contribution in [2.24, 2.45) is 109 Å². The zero-order valence-electron chi connectivity index (χ0n) is 61.2. The minimum Gasteiger partial charge on any atom is -0.513 e. The lowest BCUT2D eigenvalue weighted by Gasteiger charge is -2.72. The molecule has 572 valence electrons. The Kier molecular flexibility index (Phi) is 27.4. The Morgan fingerprint density at radius 1 is 0.630 bits per heavy atom. The van der Waals surface area contributed by atoms with Gasteiger partial charge in [-0.05, 0) is 216 Å². The van der Waals surface area contributed by atoms with Gasteiger partial charge in [-0.3, -0.25) is 14.4 Å². The van der Waals surface area contributed by atoms with Crippen molar-refractivity contribution in [1.82, 2.24) is 0 Å². The lowest BCUT2D eigenvalue weighted by atomic mass is 9.33. The van der Waals surface area contributed by atoms with Crippen molar-refractivity contribution >= 4 is 35.3 Å². The van der Waals surface area contributed by atoms with Crippen LogP contribution < -0.4 is 0 Å². The van der Waals surface area contributed by atoms with Gasteiger partial charge in [0.15, 0.2) is 23.8 Å². The first kappa shape index (κ1) is 84.8. The zero-order valence-corrected chi connectivity index (χ0v) is 61.2. The number of carbonyl (C=O) groups excluding carboxylic acids is 3. The fourth-order valence-electron chi connectivity index (χ4n) is 22.4. The SMILES string of the molecule is C=C(O)CC[C@@H](C)[C@H]1CC[C@H]2[C@@H]3[C@H](O)C[C@@H]4C[C@H](O)CC[C@]4(C)[C@H]3C[C@H](O)[C@]12C.CC(=O)C(O)C(O)C(=O)O.CC(=O)[C@@H](O)[C@H](O)[C@H](O)[C@@H](O)C(=O)O.CC(=O)[C@]12CC[C@@H](C)[C@H](C)[C@H]1C1=CC[C@@H]3[C@@]4(C)C[C@@H](O)[C@H](O)[C@@](C)(CO)[C@@H]4CC[C@@]3(C)[C@]1(C)CC2.C[C@@H]1C=C(C(=O)O)C[C@@H](O)[C@@H]1O. The number of ketones is 3. The van der Waals surface area contributed by atoms with E-state index in [1.165, 1.54) is 6.08 Å². The summed E-state index contributed by atoms with van der Waals surface area (Å²) in [5, 5.41) is 171. The molecule has 10 rings (SSSR count). The zero-order chi connectivity index (χ0) is 76.0. The van der Waals surface area contributed by atoms with E-state index < -0.39 is 95.9 Å². The van der Waals surface area contributed by atoms with Gasteiger partial charge in [0.2, 0.25) is 0 Å². The maximum atomic E-state index is 13.3. The third-order valence-electron chi connectivity index (χ3n) is 28.9. The summed E-state index contributed by atoms with van der Waals surface area (Å²) in [6.07, 6.45) is 3.43. The molecule has 24 heteroatoms. The van der Waals surface area contributed by atoms with Crippen molar-refractivity contribution in [2.45, 2.75) is 285 Å². The molecule has 0 aromatic heterocycles. The number of carbonyl (C=O) groups is 6. The van der Waals surface area contributed by atoms with Crippen molar-refractivity contribution in [3.05, 3.63) is 35.6 Å². The van der Waals surface area contributed by atoms with Gasteiger partial charge in [-0.2, -0.15) is 0 Å². The maximum Gasteiger partial charge on any atom is 0.335 e. The fraction of sp³-hybridized carbons (Fsp3) is 0.842. The summed E-state index contributed by atoms with van der Waals surface area (Å²) in [4.78, 5) is 64.5. The normalized spacial score (nSPS) is 44.2. The van der Waals surface area contributed by atoms with Crippen molar-refractivity contribution in [1.29, 1.82) is 0 Å². The first-order chi connectivity index (χ1) is 46.1. The van der Waals surface area contributed by atoms with E-state index in [9.17, 15) is 74.7 Å². The van der Waals surface area contributed by atoms with Crippen LogP contribution in [0.5, 0.6) is 0 Å². The molecule has 0 amide bonds. The Balaban J connectivity index is 0.000000216. The van der Waals surface area contributed by atoms with Gasteiger partial charge < -0.3 is 91.9 Å². The highest BCUT2D eigenvalue weighted by Gasteiger charge is 2.71. The first-order valence-corrected chi connectivity index (χ1v) is 36.5. The number of hydrogen-bond acceptors (Lipinski definition) is 21. The Bertz CT molecular complexity index is 2950. The van der Waals surface area contributed by atoms with Crippen LogP contribution in [-0.4, -0.2) is 213 Å². The molecule has 10 aliphatic carbocycles. The number of rotatable bonds is 15. The van der Waals surface area contributed by atoms with E-state index in [1.807, 2.05) is 13.8 Å². The largest absolute Gasteiger partial charge is 0.513 e. The molecule has 2 unspecified atom stereocenters. The van der Waals surface area contributed by atoms with Gasteiger partial charge in [0.1, 0.15) is 30.2 Å². The standard InChI is InChI=1S/C31H50O4.C25H42O4.C8H12O4.C7H12O7.C5H8O5/c1-18-10-13-31(20(3)33)15-14-29(6)21(25(31)19(18)2)8-9-24-27(4)16-22(34)26(35)28(5,17-32)23(27)11-12-30(24,29)7;1-14(5-6-15(2)26)18-7-8-19-23-20(13-22(29)25(18,19)4)24(3)10-9-17(27)11-16(24)12-21(23)28;1-4-2-5(8(11)12)3-6(9)7(4)10;1-2(8)3(9)4(10)5(11)6(12)7(13)14;1-2(6)3(7)4(8)5(9)10/h8,18-19,22-26,32,34-35H,9-17H2,1-7H3;14,16-23,26-29H,2,5-13H2,1,3-4H3;2,4,6-7,9-10H,3H2,1H3,(H,11,12);3-6,9-12H,1H3,(H,13,14);3-4,7-8H,1H3,(H,9,10)/t18-,19+,22-,23-,24-,25+,26+,27+,28+,29-,30-,31-;14-,16+,17-,18-,19+,20+,21-,22+,23+,24+,25-;4-,6-,7-;3-,4+,5+,6-;/m1111./s1. The number of aliphatic hydroxyl groups is 15. The van der Waals surface area contributed by atoms with Crippen LogP contribution in [0, 0.1) is 109 Å². The van der Waals surface area contributed by atoms with Gasteiger partial charge in [0.05, 0.1) is 55.1 Å². The third kappa shape index (κ3) is 15.7.